The van der Waals surface area contributed by atoms with Crippen LogP contribution in [0, 0.1) is 0 Å². The minimum atomic E-state index is -1.56. The van der Waals surface area contributed by atoms with Crippen LogP contribution < -0.4 is 5.32 Å². The first-order valence-corrected chi connectivity index (χ1v) is 30.4. The summed E-state index contributed by atoms with van der Waals surface area (Å²) >= 11 is 0. The maximum absolute atomic E-state index is 13.0. The Hall–Kier alpha value is -1.07. The first kappa shape index (κ1) is 65.9. The van der Waals surface area contributed by atoms with Crippen molar-refractivity contribution in [2.75, 3.05) is 13.2 Å². The van der Waals surface area contributed by atoms with E-state index >= 15 is 0 Å². The van der Waals surface area contributed by atoms with Gasteiger partial charge in [0.2, 0.25) is 5.91 Å². The van der Waals surface area contributed by atoms with Gasteiger partial charge in [-0.3, -0.25) is 4.79 Å². The van der Waals surface area contributed by atoms with Gasteiger partial charge in [0.15, 0.2) is 6.29 Å². The number of carbonyl (C=O) groups is 1. The first-order valence-electron chi connectivity index (χ1n) is 30.4. The van der Waals surface area contributed by atoms with E-state index in [9.17, 15) is 30.3 Å². The molecule has 1 amide bonds. The monoisotopic (exact) mass is 980 g/mol. The van der Waals surface area contributed by atoms with E-state index in [2.05, 4.69) is 19.2 Å². The summed E-state index contributed by atoms with van der Waals surface area (Å²) in [6.07, 6.45) is 56.0. The normalized spacial score (nSPS) is 19.4. The molecule has 0 aliphatic carbocycles. The summed E-state index contributed by atoms with van der Waals surface area (Å²) < 4.78 is 11.3. The van der Waals surface area contributed by atoms with E-state index in [4.69, 9.17) is 9.47 Å². The summed E-state index contributed by atoms with van der Waals surface area (Å²) in [5.74, 6) is -0.170. The number of rotatable bonds is 53. The molecular weight excluding hydrogens is 863 g/mol. The van der Waals surface area contributed by atoms with Gasteiger partial charge in [-0.2, -0.15) is 0 Å². The number of amides is 1. The summed E-state index contributed by atoms with van der Waals surface area (Å²) in [5, 5.41) is 54.4. The molecule has 2 unspecified atom stereocenters. The number of hydrogen-bond acceptors (Lipinski definition) is 8. The predicted molar refractivity (Wildman–Crippen MR) is 291 cm³/mol. The zero-order valence-electron chi connectivity index (χ0n) is 45.6. The maximum Gasteiger partial charge on any atom is 0.220 e. The number of aliphatic hydroxyl groups is 5. The van der Waals surface area contributed by atoms with Crippen molar-refractivity contribution in [2.24, 2.45) is 0 Å². The molecule has 0 bridgehead atoms. The number of carbonyl (C=O) groups excluding carboxylic acids is 1. The third kappa shape index (κ3) is 40.1. The first-order chi connectivity index (χ1) is 33.8. The summed E-state index contributed by atoms with van der Waals surface area (Å²) in [5.41, 5.74) is 0. The van der Waals surface area contributed by atoms with Gasteiger partial charge in [0.1, 0.15) is 24.4 Å². The molecule has 1 rings (SSSR count). The zero-order valence-corrected chi connectivity index (χ0v) is 45.6. The topological polar surface area (TPSA) is 149 Å². The van der Waals surface area contributed by atoms with Gasteiger partial charge in [0.05, 0.1) is 25.4 Å². The Balaban J connectivity index is 2.07. The lowest BCUT2D eigenvalue weighted by molar-refractivity contribution is -0.302. The smallest absolute Gasteiger partial charge is 0.220 e. The average molecular weight is 981 g/mol. The van der Waals surface area contributed by atoms with Crippen molar-refractivity contribution in [3.05, 3.63) is 12.2 Å². The molecule has 1 fully saturated rings. The van der Waals surface area contributed by atoms with Crippen LogP contribution in [-0.4, -0.2) is 87.5 Å². The Bertz CT molecular complexity index is 1090. The average Bonchev–Trinajstić information content (AvgIpc) is 3.35. The van der Waals surface area contributed by atoms with Gasteiger partial charge >= 0.3 is 0 Å². The highest BCUT2D eigenvalue weighted by molar-refractivity contribution is 5.76. The molecule has 7 atom stereocenters. The van der Waals surface area contributed by atoms with Crippen LogP contribution in [0.5, 0.6) is 0 Å². The Morgan fingerprint density at radius 3 is 1.13 bits per heavy atom. The lowest BCUT2D eigenvalue weighted by atomic mass is 9.99. The highest BCUT2D eigenvalue weighted by Crippen LogP contribution is 2.23. The van der Waals surface area contributed by atoms with Crippen molar-refractivity contribution >= 4 is 5.91 Å². The largest absolute Gasteiger partial charge is 0.394 e. The zero-order chi connectivity index (χ0) is 50.1. The minimum absolute atomic E-state index is 0.170. The van der Waals surface area contributed by atoms with Gasteiger partial charge in [0, 0.05) is 6.42 Å². The molecule has 0 aromatic heterocycles. The Kier molecular flexibility index (Phi) is 48.2. The lowest BCUT2D eigenvalue weighted by Gasteiger charge is -2.40. The molecule has 1 saturated heterocycles. The third-order valence-electron chi connectivity index (χ3n) is 14.9. The van der Waals surface area contributed by atoms with Gasteiger partial charge < -0.3 is 40.3 Å². The van der Waals surface area contributed by atoms with Crippen LogP contribution in [0.2, 0.25) is 0 Å². The van der Waals surface area contributed by atoms with Gasteiger partial charge in [-0.15, -0.1) is 0 Å². The van der Waals surface area contributed by atoms with Gasteiger partial charge in [-0.1, -0.05) is 296 Å². The molecule has 1 heterocycles. The molecule has 1 aliphatic rings. The van der Waals surface area contributed by atoms with Crippen LogP contribution in [0.25, 0.3) is 0 Å². The van der Waals surface area contributed by atoms with Crippen LogP contribution in [0.3, 0.4) is 0 Å². The van der Waals surface area contributed by atoms with Crippen molar-refractivity contribution < 1.29 is 39.8 Å². The molecule has 410 valence electrons. The van der Waals surface area contributed by atoms with E-state index in [1.807, 2.05) is 6.08 Å². The quantitative estimate of drug-likeness (QED) is 0.0261. The summed E-state index contributed by atoms with van der Waals surface area (Å²) in [7, 11) is 0. The van der Waals surface area contributed by atoms with E-state index in [1.54, 1.807) is 6.08 Å². The summed E-state index contributed by atoms with van der Waals surface area (Å²) in [6.45, 7) is 3.81. The molecule has 69 heavy (non-hydrogen) atoms. The number of ether oxygens (including phenoxy) is 2. The predicted octanol–water partition coefficient (Wildman–Crippen LogP) is 15.2. The maximum atomic E-state index is 13.0. The Morgan fingerprint density at radius 2 is 0.797 bits per heavy atom. The van der Waals surface area contributed by atoms with E-state index in [0.717, 1.165) is 38.5 Å². The molecule has 0 radical (unpaired) electrons. The van der Waals surface area contributed by atoms with Crippen molar-refractivity contribution in [3.63, 3.8) is 0 Å². The van der Waals surface area contributed by atoms with Gasteiger partial charge in [-0.25, -0.2) is 0 Å². The fourth-order valence-electron chi connectivity index (χ4n) is 10.0. The van der Waals surface area contributed by atoms with E-state index in [1.165, 1.54) is 250 Å². The fraction of sp³-hybridized carbons (Fsp3) is 0.950. The van der Waals surface area contributed by atoms with E-state index in [-0.39, 0.29) is 12.5 Å². The lowest BCUT2D eigenvalue weighted by Crippen LogP contribution is -2.60. The standard InChI is InChI=1S/C60H117NO8/c1-3-5-7-9-11-13-15-17-18-19-20-21-22-23-24-25-26-27-28-29-30-31-32-33-34-35-36-38-40-42-44-46-48-50-56(64)61-53(52-68-60-59(67)58(66)57(65)55(51-62)69-60)54(63)49-47-45-43-41-39-37-16-14-12-10-8-6-4-2/h47,49,53-55,57-60,62-63,65-67H,3-46,48,50-52H2,1-2H3,(H,61,64)/b49-47+/t53-,54+,55+,57-,58?,59?,60+/m0/s1. The molecule has 0 spiro atoms. The molecule has 9 heteroatoms. The number of aliphatic hydroxyl groups excluding tert-OH is 5. The fourth-order valence-corrected chi connectivity index (χ4v) is 10.0. The van der Waals surface area contributed by atoms with Crippen molar-refractivity contribution in [1.82, 2.24) is 5.32 Å². The number of hydrogen-bond donors (Lipinski definition) is 6. The summed E-state index contributed by atoms with van der Waals surface area (Å²) in [4.78, 5) is 13.0. The van der Waals surface area contributed by atoms with Gasteiger partial charge in [-0.05, 0) is 19.3 Å². The van der Waals surface area contributed by atoms with Crippen LogP contribution >= 0.6 is 0 Å². The van der Waals surface area contributed by atoms with Crippen molar-refractivity contribution in [1.29, 1.82) is 0 Å². The number of nitrogens with one attached hydrogen (secondary N) is 1. The highest BCUT2D eigenvalue weighted by atomic mass is 16.7. The molecule has 9 nitrogen and oxygen atoms in total. The molecule has 0 aromatic carbocycles. The minimum Gasteiger partial charge on any atom is -0.394 e. The molecular formula is C60H117NO8. The highest BCUT2D eigenvalue weighted by Gasteiger charge is 2.44. The molecule has 0 aromatic rings. The second-order valence-electron chi connectivity index (χ2n) is 21.5. The van der Waals surface area contributed by atoms with Crippen molar-refractivity contribution in [3.8, 4) is 0 Å². The van der Waals surface area contributed by atoms with Crippen molar-refractivity contribution in [2.45, 2.75) is 352 Å². The number of unbranched alkanes of at least 4 members (excludes halogenated alkanes) is 43. The second kappa shape index (κ2) is 50.5. The third-order valence-corrected chi connectivity index (χ3v) is 14.9. The van der Waals surface area contributed by atoms with Gasteiger partial charge in [0.25, 0.3) is 0 Å². The van der Waals surface area contributed by atoms with Crippen LogP contribution in [-0.2, 0) is 14.3 Å². The molecule has 1 aliphatic heterocycles. The Labute approximate surface area is 426 Å². The Morgan fingerprint density at radius 1 is 0.478 bits per heavy atom. The summed E-state index contributed by atoms with van der Waals surface area (Å²) in [6, 6.07) is -0.799. The van der Waals surface area contributed by atoms with E-state index < -0.39 is 49.5 Å². The van der Waals surface area contributed by atoms with Crippen LogP contribution in [0.15, 0.2) is 12.2 Å². The molecule has 0 saturated carbocycles. The van der Waals surface area contributed by atoms with Crippen LogP contribution in [0.4, 0.5) is 0 Å². The molecule has 6 N–H and O–H groups in total. The van der Waals surface area contributed by atoms with E-state index in [0.29, 0.717) is 6.42 Å². The van der Waals surface area contributed by atoms with Crippen LogP contribution in [0.1, 0.15) is 309 Å². The number of allylic oxidation sites excluding steroid dienone is 1. The SMILES string of the molecule is CCCCCCCCCCCCC/C=C/[C@@H](O)[C@H](CO[C@@H]1O[C@H](CO)[C@H](O)C(O)C1O)NC(=O)CCCCCCCCCCCCCCCCCCCCCCCCCCCCCCCCCCC. The second-order valence-corrected chi connectivity index (χ2v) is 21.5.